The van der Waals surface area contributed by atoms with E-state index >= 15 is 0 Å². The zero-order valence-corrected chi connectivity index (χ0v) is 12.9. The average Bonchev–Trinajstić information content (AvgIpc) is 2.54. The molecule has 112 valence electrons. The Kier molecular flexibility index (Phi) is 3.72. The summed E-state index contributed by atoms with van der Waals surface area (Å²) in [6.45, 7) is 4.05. The number of ether oxygens (including phenoxy) is 1. The highest BCUT2D eigenvalue weighted by Crippen LogP contribution is 2.30. The van der Waals surface area contributed by atoms with Crippen LogP contribution < -0.4 is 10.2 Å². The summed E-state index contributed by atoms with van der Waals surface area (Å²) in [5.74, 6) is 1.49. The van der Waals surface area contributed by atoms with E-state index < -0.39 is 0 Å². The molecule has 0 aliphatic heterocycles. The van der Waals surface area contributed by atoms with Gasteiger partial charge in [-0.2, -0.15) is 0 Å². The molecule has 0 aliphatic rings. The molecule has 0 spiro atoms. The van der Waals surface area contributed by atoms with E-state index in [4.69, 9.17) is 9.15 Å². The van der Waals surface area contributed by atoms with Crippen molar-refractivity contribution in [3.63, 3.8) is 0 Å². The minimum atomic E-state index is -0.00111. The first kappa shape index (κ1) is 14.4. The molecule has 0 aliphatic carbocycles. The van der Waals surface area contributed by atoms with Crippen molar-refractivity contribution < 1.29 is 9.15 Å². The van der Waals surface area contributed by atoms with Gasteiger partial charge in [0.1, 0.15) is 17.1 Å². The van der Waals surface area contributed by atoms with Crippen LogP contribution in [0.1, 0.15) is 25.5 Å². The lowest BCUT2D eigenvalue weighted by Gasteiger charge is -2.13. The monoisotopic (exact) mass is 294 g/mol. The number of hydrogen-bond acceptors (Lipinski definition) is 3. The molecule has 0 saturated heterocycles. The molecule has 0 saturated carbocycles. The molecule has 22 heavy (non-hydrogen) atoms. The van der Waals surface area contributed by atoms with Gasteiger partial charge in [-0.3, -0.25) is 4.79 Å². The van der Waals surface area contributed by atoms with Gasteiger partial charge in [0.15, 0.2) is 0 Å². The minimum Gasteiger partial charge on any atom is -0.497 e. The molecule has 0 unspecified atom stereocenters. The predicted octanol–water partition coefficient (Wildman–Crippen LogP) is 4.59. The van der Waals surface area contributed by atoms with Gasteiger partial charge in [0, 0.05) is 12.0 Å². The molecule has 3 heteroatoms. The van der Waals surface area contributed by atoms with Crippen molar-refractivity contribution in [2.24, 2.45) is 0 Å². The summed E-state index contributed by atoms with van der Waals surface area (Å²) in [5.41, 5.74) is 2.09. The van der Waals surface area contributed by atoms with Crippen molar-refractivity contribution in [2.45, 2.75) is 19.8 Å². The van der Waals surface area contributed by atoms with Crippen LogP contribution in [-0.4, -0.2) is 7.11 Å². The lowest BCUT2D eigenvalue weighted by atomic mass is 9.97. The Morgan fingerprint density at radius 3 is 2.41 bits per heavy atom. The van der Waals surface area contributed by atoms with Crippen molar-refractivity contribution in [3.05, 3.63) is 64.5 Å². The van der Waals surface area contributed by atoms with E-state index in [1.807, 2.05) is 44.2 Å². The number of hydrogen-bond donors (Lipinski definition) is 0. The van der Waals surface area contributed by atoms with Gasteiger partial charge in [-0.05, 0) is 17.7 Å². The van der Waals surface area contributed by atoms with E-state index in [0.717, 1.165) is 5.56 Å². The van der Waals surface area contributed by atoms with Crippen LogP contribution in [0.4, 0.5) is 0 Å². The Balaban J connectivity index is 2.38. The largest absolute Gasteiger partial charge is 0.497 e. The van der Waals surface area contributed by atoms with Crippen LogP contribution in [-0.2, 0) is 0 Å². The van der Waals surface area contributed by atoms with Crippen LogP contribution in [0.5, 0.6) is 5.75 Å². The fourth-order valence-electron chi connectivity index (χ4n) is 2.60. The van der Waals surface area contributed by atoms with Gasteiger partial charge < -0.3 is 9.15 Å². The Labute approximate surface area is 129 Å². The molecule has 0 atom stereocenters. The number of rotatable bonds is 3. The van der Waals surface area contributed by atoms with Crippen LogP contribution in [0.3, 0.4) is 0 Å². The van der Waals surface area contributed by atoms with Gasteiger partial charge >= 0.3 is 0 Å². The summed E-state index contributed by atoms with van der Waals surface area (Å²) >= 11 is 0. The quantitative estimate of drug-likeness (QED) is 0.709. The molecule has 1 aromatic heterocycles. The minimum absolute atomic E-state index is 0.00111. The number of methoxy groups -OCH3 is 1. The van der Waals surface area contributed by atoms with E-state index in [2.05, 4.69) is 0 Å². The molecular formula is C19H18O3. The van der Waals surface area contributed by atoms with Crippen LogP contribution in [0.2, 0.25) is 0 Å². The van der Waals surface area contributed by atoms with E-state index in [-0.39, 0.29) is 11.3 Å². The van der Waals surface area contributed by atoms with Gasteiger partial charge in [-0.1, -0.05) is 44.2 Å². The lowest BCUT2D eigenvalue weighted by Crippen LogP contribution is -2.10. The topological polar surface area (TPSA) is 39.4 Å². The normalized spacial score (nSPS) is 11.1. The number of fused-ring (bicyclic) bond motifs is 1. The molecule has 3 aromatic rings. The molecule has 0 radical (unpaired) electrons. The van der Waals surface area contributed by atoms with Crippen molar-refractivity contribution in [1.29, 1.82) is 0 Å². The zero-order valence-electron chi connectivity index (χ0n) is 12.9. The SMILES string of the molecule is COc1ccc2c(=O)c(-c3ccccc3)c(C(C)C)oc2c1. The molecule has 3 rings (SSSR count). The fourth-order valence-corrected chi connectivity index (χ4v) is 2.60. The summed E-state index contributed by atoms with van der Waals surface area (Å²) < 4.78 is 11.3. The summed E-state index contributed by atoms with van der Waals surface area (Å²) in [6, 6.07) is 15.0. The summed E-state index contributed by atoms with van der Waals surface area (Å²) in [5, 5.41) is 0.573. The maximum Gasteiger partial charge on any atom is 0.200 e. The van der Waals surface area contributed by atoms with Crippen molar-refractivity contribution in [3.8, 4) is 16.9 Å². The highest BCUT2D eigenvalue weighted by molar-refractivity contribution is 5.84. The van der Waals surface area contributed by atoms with Crippen molar-refractivity contribution in [2.75, 3.05) is 7.11 Å². The van der Waals surface area contributed by atoms with Crippen LogP contribution in [0.15, 0.2) is 57.7 Å². The Bertz CT molecular complexity index is 861. The smallest absolute Gasteiger partial charge is 0.200 e. The maximum absolute atomic E-state index is 13.0. The van der Waals surface area contributed by atoms with Gasteiger partial charge in [0.25, 0.3) is 0 Å². The van der Waals surface area contributed by atoms with Crippen LogP contribution in [0.25, 0.3) is 22.1 Å². The third-order valence-corrected chi connectivity index (χ3v) is 3.71. The fraction of sp³-hybridized carbons (Fsp3) is 0.211. The van der Waals surface area contributed by atoms with Crippen LogP contribution in [0, 0.1) is 0 Å². The first-order valence-electron chi connectivity index (χ1n) is 7.32. The van der Waals surface area contributed by atoms with Gasteiger partial charge in [-0.15, -0.1) is 0 Å². The first-order valence-corrected chi connectivity index (χ1v) is 7.32. The summed E-state index contributed by atoms with van der Waals surface area (Å²) in [4.78, 5) is 13.0. The Hall–Kier alpha value is -2.55. The Morgan fingerprint density at radius 1 is 1.05 bits per heavy atom. The molecule has 0 N–H and O–H groups in total. The van der Waals surface area contributed by atoms with E-state index in [1.54, 1.807) is 25.3 Å². The van der Waals surface area contributed by atoms with Gasteiger partial charge in [-0.25, -0.2) is 0 Å². The van der Waals surface area contributed by atoms with Gasteiger partial charge in [0.05, 0.1) is 18.1 Å². The molecule has 0 fully saturated rings. The van der Waals surface area contributed by atoms with Crippen molar-refractivity contribution in [1.82, 2.24) is 0 Å². The molecule has 3 nitrogen and oxygen atoms in total. The zero-order chi connectivity index (χ0) is 15.7. The van der Waals surface area contributed by atoms with E-state index in [9.17, 15) is 4.79 Å². The molecular weight excluding hydrogens is 276 g/mol. The molecule has 0 amide bonds. The highest BCUT2D eigenvalue weighted by Gasteiger charge is 2.18. The highest BCUT2D eigenvalue weighted by atomic mass is 16.5. The lowest BCUT2D eigenvalue weighted by molar-refractivity contribution is 0.413. The standard InChI is InChI=1S/C19H18O3/c1-12(2)19-17(13-7-5-4-6-8-13)18(20)15-10-9-14(21-3)11-16(15)22-19/h4-12H,1-3H3. The second-order valence-corrected chi connectivity index (χ2v) is 5.55. The molecule has 0 bridgehead atoms. The predicted molar refractivity (Wildman–Crippen MR) is 88.6 cm³/mol. The molecule has 2 aromatic carbocycles. The summed E-state index contributed by atoms with van der Waals surface area (Å²) in [6.07, 6.45) is 0. The average molecular weight is 294 g/mol. The summed E-state index contributed by atoms with van der Waals surface area (Å²) in [7, 11) is 1.60. The third-order valence-electron chi connectivity index (χ3n) is 3.71. The van der Waals surface area contributed by atoms with E-state index in [0.29, 0.717) is 28.0 Å². The number of benzene rings is 2. The van der Waals surface area contributed by atoms with Crippen LogP contribution >= 0.6 is 0 Å². The van der Waals surface area contributed by atoms with Gasteiger partial charge in [0.2, 0.25) is 5.43 Å². The Morgan fingerprint density at radius 2 is 1.77 bits per heavy atom. The molecule has 1 heterocycles. The second-order valence-electron chi connectivity index (χ2n) is 5.55. The third kappa shape index (κ3) is 2.39. The van der Waals surface area contributed by atoms with E-state index in [1.165, 1.54) is 0 Å². The van der Waals surface area contributed by atoms with Crippen molar-refractivity contribution >= 4 is 11.0 Å². The second kappa shape index (κ2) is 5.68. The maximum atomic E-state index is 13.0. The first-order chi connectivity index (χ1) is 10.6.